The molecular formula is C20H24FIN6O. The van der Waals surface area contributed by atoms with Gasteiger partial charge >= 0.3 is 0 Å². The first kappa shape index (κ1) is 22.6. The van der Waals surface area contributed by atoms with E-state index in [0.29, 0.717) is 37.1 Å². The van der Waals surface area contributed by atoms with Gasteiger partial charge in [0.1, 0.15) is 17.4 Å². The second-order valence-corrected chi connectivity index (χ2v) is 6.07. The van der Waals surface area contributed by atoms with Gasteiger partial charge in [-0.15, -0.1) is 24.0 Å². The maximum Gasteiger partial charge on any atom is 0.191 e. The topological polar surface area (TPSA) is 87.2 Å². The zero-order valence-corrected chi connectivity index (χ0v) is 18.6. The first-order chi connectivity index (χ1) is 13.7. The molecule has 0 atom stereocenters. The van der Waals surface area contributed by atoms with E-state index in [2.05, 4.69) is 30.8 Å². The third kappa shape index (κ3) is 6.70. The number of methoxy groups -OCH3 is 1. The summed E-state index contributed by atoms with van der Waals surface area (Å²) >= 11 is 0. The molecule has 0 radical (unpaired) electrons. The van der Waals surface area contributed by atoms with Gasteiger partial charge in [-0.1, -0.05) is 12.1 Å². The summed E-state index contributed by atoms with van der Waals surface area (Å²) in [6, 6.07) is 14.1. The highest BCUT2D eigenvalue weighted by Crippen LogP contribution is 2.18. The molecule has 0 unspecified atom stereocenters. The van der Waals surface area contributed by atoms with Crippen molar-refractivity contribution in [2.75, 3.05) is 20.7 Å². The summed E-state index contributed by atoms with van der Waals surface area (Å²) in [4.78, 5) is 8.67. The van der Waals surface area contributed by atoms with Crippen molar-refractivity contribution in [2.45, 2.75) is 13.0 Å². The number of nitrogens with zero attached hydrogens (tertiary/aromatic N) is 3. The van der Waals surface area contributed by atoms with Crippen LogP contribution < -0.4 is 15.4 Å². The second kappa shape index (κ2) is 11.3. The molecule has 0 bridgehead atoms. The average Bonchev–Trinajstić information content (AvgIpc) is 3.19. The van der Waals surface area contributed by atoms with E-state index < -0.39 is 0 Å². The van der Waals surface area contributed by atoms with Gasteiger partial charge in [0.25, 0.3) is 0 Å². The molecule has 154 valence electrons. The van der Waals surface area contributed by atoms with Gasteiger partial charge in [-0.05, 0) is 48.4 Å². The van der Waals surface area contributed by atoms with Crippen LogP contribution in [0.4, 0.5) is 4.39 Å². The Morgan fingerprint density at radius 3 is 2.66 bits per heavy atom. The number of rotatable bonds is 7. The number of hydrogen-bond acceptors (Lipinski definition) is 4. The first-order valence-electron chi connectivity index (χ1n) is 8.92. The minimum absolute atomic E-state index is 0. The van der Waals surface area contributed by atoms with Crippen LogP contribution in [0.5, 0.6) is 5.75 Å². The van der Waals surface area contributed by atoms with E-state index in [9.17, 15) is 4.39 Å². The van der Waals surface area contributed by atoms with Crippen molar-refractivity contribution in [3.05, 3.63) is 65.7 Å². The van der Waals surface area contributed by atoms with Crippen molar-refractivity contribution >= 4 is 29.9 Å². The normalized spacial score (nSPS) is 10.9. The van der Waals surface area contributed by atoms with Gasteiger partial charge in [0.2, 0.25) is 0 Å². The number of ether oxygens (including phenoxy) is 1. The van der Waals surface area contributed by atoms with E-state index in [1.54, 1.807) is 20.2 Å². The van der Waals surface area contributed by atoms with Gasteiger partial charge in [-0.3, -0.25) is 10.1 Å². The predicted octanol–water partition coefficient (Wildman–Crippen LogP) is 3.15. The molecule has 7 nitrogen and oxygen atoms in total. The average molecular weight is 510 g/mol. The number of benzene rings is 2. The lowest BCUT2D eigenvalue weighted by Crippen LogP contribution is -2.38. The molecule has 0 amide bonds. The van der Waals surface area contributed by atoms with Gasteiger partial charge in [0.05, 0.1) is 13.7 Å². The summed E-state index contributed by atoms with van der Waals surface area (Å²) in [5, 5.41) is 13.5. The summed E-state index contributed by atoms with van der Waals surface area (Å²) < 4.78 is 18.4. The van der Waals surface area contributed by atoms with Crippen molar-refractivity contribution < 1.29 is 9.13 Å². The Bertz CT molecular complexity index is 929. The van der Waals surface area contributed by atoms with Crippen LogP contribution in [-0.2, 0) is 13.0 Å². The molecule has 0 saturated carbocycles. The van der Waals surface area contributed by atoms with Crippen molar-refractivity contribution in [1.29, 1.82) is 0 Å². The second-order valence-electron chi connectivity index (χ2n) is 6.07. The van der Waals surface area contributed by atoms with E-state index >= 15 is 0 Å². The molecule has 1 aromatic heterocycles. The highest BCUT2D eigenvalue weighted by atomic mass is 127. The fourth-order valence-electron chi connectivity index (χ4n) is 2.65. The van der Waals surface area contributed by atoms with Crippen molar-refractivity contribution in [3.63, 3.8) is 0 Å². The molecule has 3 aromatic rings. The van der Waals surface area contributed by atoms with E-state index in [1.165, 1.54) is 12.1 Å². The number of aromatic nitrogens is 3. The fourth-order valence-corrected chi connectivity index (χ4v) is 2.65. The lowest BCUT2D eigenvalue weighted by molar-refractivity contribution is 0.415. The molecule has 0 fully saturated rings. The van der Waals surface area contributed by atoms with Crippen LogP contribution in [0.3, 0.4) is 0 Å². The van der Waals surface area contributed by atoms with Gasteiger partial charge in [-0.25, -0.2) is 9.37 Å². The van der Waals surface area contributed by atoms with Crippen LogP contribution in [0.1, 0.15) is 11.4 Å². The minimum Gasteiger partial charge on any atom is -0.497 e. The molecule has 9 heteroatoms. The van der Waals surface area contributed by atoms with Crippen molar-refractivity contribution in [1.82, 2.24) is 25.8 Å². The van der Waals surface area contributed by atoms with Crippen LogP contribution in [0, 0.1) is 5.82 Å². The van der Waals surface area contributed by atoms with Gasteiger partial charge < -0.3 is 15.4 Å². The van der Waals surface area contributed by atoms with Crippen LogP contribution in [0.15, 0.2) is 53.5 Å². The smallest absolute Gasteiger partial charge is 0.191 e. The van der Waals surface area contributed by atoms with Gasteiger partial charge in [-0.2, -0.15) is 5.10 Å². The third-order valence-electron chi connectivity index (χ3n) is 4.12. The Morgan fingerprint density at radius 1 is 1.17 bits per heavy atom. The highest BCUT2D eigenvalue weighted by molar-refractivity contribution is 14.0. The molecule has 1 heterocycles. The monoisotopic (exact) mass is 510 g/mol. The maximum absolute atomic E-state index is 13.2. The predicted molar refractivity (Wildman–Crippen MR) is 122 cm³/mol. The maximum atomic E-state index is 13.2. The van der Waals surface area contributed by atoms with Crippen LogP contribution in [0.25, 0.3) is 11.4 Å². The van der Waals surface area contributed by atoms with E-state index in [0.717, 1.165) is 16.9 Å². The zero-order valence-electron chi connectivity index (χ0n) is 16.3. The van der Waals surface area contributed by atoms with Gasteiger partial charge in [0, 0.05) is 19.2 Å². The summed E-state index contributed by atoms with van der Waals surface area (Å²) in [7, 11) is 3.32. The van der Waals surface area contributed by atoms with Crippen LogP contribution in [0.2, 0.25) is 0 Å². The number of H-pyrrole nitrogens is 1. The molecule has 0 spiro atoms. The van der Waals surface area contributed by atoms with Gasteiger partial charge in [0.15, 0.2) is 11.8 Å². The molecule has 3 N–H and O–H groups in total. The Balaban J connectivity index is 0.00000300. The van der Waals surface area contributed by atoms with E-state index in [-0.39, 0.29) is 29.8 Å². The van der Waals surface area contributed by atoms with Crippen LogP contribution in [-0.4, -0.2) is 41.8 Å². The largest absolute Gasteiger partial charge is 0.497 e. The molecule has 0 aliphatic rings. The SMILES string of the molecule is CN=C(NCCc1cccc(F)c1)NCc1nc(-c2ccc(OC)cc2)n[nH]1.I. The number of hydrogen-bond donors (Lipinski definition) is 3. The number of halogens is 2. The Hall–Kier alpha value is -2.69. The highest BCUT2D eigenvalue weighted by Gasteiger charge is 2.07. The van der Waals surface area contributed by atoms with E-state index in [4.69, 9.17) is 4.74 Å². The standard InChI is InChI=1S/C20H23FN6O.HI/c1-22-20(23-11-10-14-4-3-5-16(21)12-14)24-13-18-25-19(27-26-18)15-6-8-17(28-2)9-7-15;/h3-9,12H,10-11,13H2,1-2H3,(H2,22,23,24)(H,25,26,27);1H. The number of aromatic amines is 1. The minimum atomic E-state index is -0.224. The first-order valence-corrected chi connectivity index (χ1v) is 8.92. The molecule has 0 saturated heterocycles. The summed E-state index contributed by atoms with van der Waals surface area (Å²) in [6.07, 6.45) is 0.697. The Morgan fingerprint density at radius 2 is 1.97 bits per heavy atom. The fraction of sp³-hybridized carbons (Fsp3) is 0.250. The summed E-state index contributed by atoms with van der Waals surface area (Å²) in [5.74, 6) is 2.51. The number of guanidine groups is 1. The Labute approximate surface area is 186 Å². The molecule has 0 aliphatic heterocycles. The van der Waals surface area contributed by atoms with Crippen molar-refractivity contribution in [2.24, 2.45) is 4.99 Å². The van der Waals surface area contributed by atoms with Crippen LogP contribution >= 0.6 is 24.0 Å². The van der Waals surface area contributed by atoms with Crippen molar-refractivity contribution in [3.8, 4) is 17.1 Å². The Kier molecular flexibility index (Phi) is 8.84. The number of aliphatic imine (C=N–C) groups is 1. The third-order valence-corrected chi connectivity index (χ3v) is 4.12. The lowest BCUT2D eigenvalue weighted by atomic mass is 10.1. The zero-order chi connectivity index (χ0) is 19.8. The molecule has 0 aliphatic carbocycles. The lowest BCUT2D eigenvalue weighted by Gasteiger charge is -2.10. The molecule has 29 heavy (non-hydrogen) atoms. The summed E-state index contributed by atoms with van der Waals surface area (Å²) in [5.41, 5.74) is 1.84. The molecule has 3 rings (SSSR count). The quantitative estimate of drug-likeness (QED) is 0.258. The molecular weight excluding hydrogens is 486 g/mol. The molecule has 2 aromatic carbocycles. The number of nitrogens with one attached hydrogen (secondary N) is 3. The summed E-state index contributed by atoms with van der Waals surface area (Å²) in [6.45, 7) is 1.08. The van der Waals surface area contributed by atoms with E-state index in [1.807, 2.05) is 30.3 Å².